The zero-order valence-corrected chi connectivity index (χ0v) is 40.4. The zero-order valence-electron chi connectivity index (χ0n) is 40.4. The van der Waals surface area contributed by atoms with E-state index in [2.05, 4.69) is 36.9 Å². The minimum absolute atomic E-state index is 0.0460. The van der Waals surface area contributed by atoms with Crippen LogP contribution in [0.5, 0.6) is 0 Å². The predicted octanol–water partition coefficient (Wildman–Crippen LogP) is 4.27. The summed E-state index contributed by atoms with van der Waals surface area (Å²) >= 11 is 0. The molecule has 5 rings (SSSR count). The van der Waals surface area contributed by atoms with Gasteiger partial charge in [0, 0.05) is 36.4 Å². The maximum absolute atomic E-state index is 14.6. The Morgan fingerprint density at radius 2 is 1.10 bits per heavy atom. The molecule has 0 saturated heterocycles. The number of carbonyl (C=O) groups excluding carboxylic acids is 6. The Morgan fingerprint density at radius 3 is 1.64 bits per heavy atom. The highest BCUT2D eigenvalue weighted by Crippen LogP contribution is 2.37. The molecule has 3 aromatic carbocycles. The molecule has 0 radical (unpaired) electrons. The fourth-order valence-electron chi connectivity index (χ4n) is 8.95. The van der Waals surface area contributed by atoms with Crippen LogP contribution in [-0.4, -0.2) is 98.8 Å². The van der Waals surface area contributed by atoms with Crippen LogP contribution in [0.2, 0.25) is 0 Å². The molecule has 4 aromatic rings. The molecule has 0 unspecified atom stereocenters. The SMILES string of the molecule is CC[C@H](C)[C@H](NC(=O)[C@H](CC(=O)O)NC(=O)[C@H](CC(C)C)NC(=O)[C@H](NC(C)=O)C1c2ccccc2CCc2ccccc21)C(=O)N[C@H](C(=O)N[C@@H](Cc1c[nH]c2ccccc12)C(=O)O)[C@@H](C)CC. The molecule has 0 aliphatic heterocycles. The number of amides is 6. The van der Waals surface area contributed by atoms with Gasteiger partial charge in [-0.1, -0.05) is 121 Å². The van der Waals surface area contributed by atoms with E-state index >= 15 is 0 Å². The highest BCUT2D eigenvalue weighted by molar-refractivity contribution is 5.98. The fourth-order valence-corrected chi connectivity index (χ4v) is 8.95. The number of hydrogen-bond donors (Lipinski definition) is 9. The largest absolute Gasteiger partial charge is 0.481 e. The van der Waals surface area contributed by atoms with Crippen molar-refractivity contribution in [2.75, 3.05) is 0 Å². The molecular weight excluding hydrogens is 883 g/mol. The molecule has 9 N–H and O–H groups in total. The van der Waals surface area contributed by atoms with E-state index in [-0.39, 0.29) is 18.8 Å². The molecule has 1 heterocycles. The van der Waals surface area contributed by atoms with E-state index in [0.717, 1.165) is 33.2 Å². The van der Waals surface area contributed by atoms with Crippen molar-refractivity contribution in [3.05, 3.63) is 107 Å². The second kappa shape index (κ2) is 24.3. The maximum Gasteiger partial charge on any atom is 0.326 e. The number of aryl methyl sites for hydroxylation is 2. The quantitative estimate of drug-likeness (QED) is 0.0510. The number of fused-ring (bicyclic) bond motifs is 3. The Hall–Kier alpha value is -7.04. The number of carboxylic acid groups (broad SMARTS) is 2. The highest BCUT2D eigenvalue weighted by atomic mass is 16.4. The van der Waals surface area contributed by atoms with Crippen molar-refractivity contribution in [3.63, 3.8) is 0 Å². The number of aromatic amines is 1. The molecule has 0 saturated carbocycles. The maximum atomic E-state index is 14.6. The number of carboxylic acids is 2. The average molecular weight is 950 g/mol. The van der Waals surface area contributed by atoms with Gasteiger partial charge in [-0.2, -0.15) is 0 Å². The summed E-state index contributed by atoms with van der Waals surface area (Å²) in [5.41, 5.74) is 5.18. The first kappa shape index (κ1) is 52.9. The van der Waals surface area contributed by atoms with E-state index in [9.17, 15) is 48.6 Å². The lowest BCUT2D eigenvalue weighted by Crippen LogP contribution is -2.61. The first-order valence-corrected chi connectivity index (χ1v) is 23.8. The number of aromatic nitrogens is 1. The minimum atomic E-state index is -1.72. The van der Waals surface area contributed by atoms with E-state index in [1.807, 2.05) is 86.6 Å². The van der Waals surface area contributed by atoms with E-state index in [4.69, 9.17) is 0 Å². The summed E-state index contributed by atoms with van der Waals surface area (Å²) in [6.45, 7) is 11.9. The van der Waals surface area contributed by atoms with Crippen LogP contribution in [-0.2, 0) is 57.6 Å². The van der Waals surface area contributed by atoms with Gasteiger partial charge in [-0.15, -0.1) is 0 Å². The smallest absolute Gasteiger partial charge is 0.326 e. The lowest BCUT2D eigenvalue weighted by Gasteiger charge is -2.32. The Morgan fingerprint density at radius 1 is 0.609 bits per heavy atom. The molecular formula is C52H67N7O10. The number of aliphatic carboxylic acids is 2. The zero-order chi connectivity index (χ0) is 50.5. The standard InChI is InChI=1S/C52H67N7O10/c1-8-29(5)44(49(65)57-41(52(68)69)25-34-27-53-38-21-15-14-18-35(34)38)59-50(66)45(30(6)9-2)58-48(64)40(26-42(61)62)55-47(63)39(24-28(3)4)56-51(67)46(54-31(7)60)43-36-19-12-10-16-32(36)22-23-33-17-11-13-20-37(33)43/h10-21,27-30,39-41,43-46,53H,8-9,22-26H2,1-7H3,(H,54,60)(H,55,63)(H,56,67)(H,57,65)(H,58,64)(H,59,66)(H,61,62)(H,68,69)/t29-,30-,39-,40-,41-,44-,45-,46+/m0/s1. The highest BCUT2D eigenvalue weighted by Gasteiger charge is 2.39. The summed E-state index contributed by atoms with van der Waals surface area (Å²) in [7, 11) is 0. The molecule has 370 valence electrons. The van der Waals surface area contributed by atoms with Crippen molar-refractivity contribution in [1.82, 2.24) is 36.9 Å². The second-order valence-electron chi connectivity index (χ2n) is 18.6. The number of H-pyrrole nitrogens is 1. The van der Waals surface area contributed by atoms with Crippen LogP contribution in [0.3, 0.4) is 0 Å². The summed E-state index contributed by atoms with van der Waals surface area (Å²) < 4.78 is 0. The van der Waals surface area contributed by atoms with Crippen LogP contribution in [0, 0.1) is 17.8 Å². The minimum Gasteiger partial charge on any atom is -0.481 e. The molecule has 69 heavy (non-hydrogen) atoms. The molecule has 0 spiro atoms. The number of nitrogens with one attached hydrogen (secondary N) is 7. The van der Waals surface area contributed by atoms with Crippen LogP contribution in [0.4, 0.5) is 0 Å². The summed E-state index contributed by atoms with van der Waals surface area (Å²) in [5, 5.41) is 37.0. The van der Waals surface area contributed by atoms with E-state index in [1.54, 1.807) is 33.9 Å². The Balaban J connectivity index is 1.36. The molecule has 8 atom stereocenters. The first-order chi connectivity index (χ1) is 32.8. The predicted molar refractivity (Wildman–Crippen MR) is 260 cm³/mol. The third-order valence-corrected chi connectivity index (χ3v) is 13.1. The number of carbonyl (C=O) groups is 8. The Labute approximate surface area is 402 Å². The molecule has 1 aromatic heterocycles. The molecule has 6 amide bonds. The Kier molecular flexibility index (Phi) is 18.6. The topological polar surface area (TPSA) is 265 Å². The molecule has 0 bridgehead atoms. The van der Waals surface area contributed by atoms with Gasteiger partial charge in [0.1, 0.15) is 36.3 Å². The summed E-state index contributed by atoms with van der Waals surface area (Å²) in [6, 6.07) is 14.6. The van der Waals surface area contributed by atoms with Gasteiger partial charge in [0.25, 0.3) is 0 Å². The molecule has 17 nitrogen and oxygen atoms in total. The normalized spacial score (nSPS) is 15.8. The Bertz CT molecular complexity index is 2460. The first-order valence-electron chi connectivity index (χ1n) is 23.8. The lowest BCUT2D eigenvalue weighted by atomic mass is 9.82. The summed E-state index contributed by atoms with van der Waals surface area (Å²) in [6.07, 6.45) is 3.00. The van der Waals surface area contributed by atoms with Crippen LogP contribution in [0.1, 0.15) is 108 Å². The van der Waals surface area contributed by atoms with Gasteiger partial charge < -0.3 is 47.1 Å². The van der Waals surface area contributed by atoms with Gasteiger partial charge in [-0.3, -0.25) is 33.6 Å². The van der Waals surface area contributed by atoms with E-state index in [1.165, 1.54) is 6.92 Å². The van der Waals surface area contributed by atoms with Crippen LogP contribution < -0.4 is 31.9 Å². The van der Waals surface area contributed by atoms with Gasteiger partial charge in [-0.25, -0.2) is 4.79 Å². The van der Waals surface area contributed by atoms with Crippen LogP contribution >= 0.6 is 0 Å². The average Bonchev–Trinajstić information content (AvgIpc) is 3.64. The number of para-hydroxylation sites is 1. The van der Waals surface area contributed by atoms with E-state index in [0.29, 0.717) is 31.2 Å². The lowest BCUT2D eigenvalue weighted by molar-refractivity contribution is -0.142. The van der Waals surface area contributed by atoms with Gasteiger partial charge >= 0.3 is 11.9 Å². The molecule has 17 heteroatoms. The number of rotatable bonds is 23. The van der Waals surface area contributed by atoms with Gasteiger partial charge in [0.05, 0.1) is 6.42 Å². The molecule has 1 aliphatic rings. The summed E-state index contributed by atoms with van der Waals surface area (Å²) in [5.74, 6) is -9.11. The number of hydrogen-bond acceptors (Lipinski definition) is 8. The van der Waals surface area contributed by atoms with Gasteiger partial charge in [0.2, 0.25) is 35.4 Å². The van der Waals surface area contributed by atoms with Crippen LogP contribution in [0.25, 0.3) is 10.9 Å². The van der Waals surface area contributed by atoms with Crippen molar-refractivity contribution in [2.45, 2.75) is 136 Å². The van der Waals surface area contributed by atoms with Gasteiger partial charge in [-0.05, 0) is 70.9 Å². The van der Waals surface area contributed by atoms with Gasteiger partial charge in [0.15, 0.2) is 0 Å². The monoisotopic (exact) mass is 949 g/mol. The second-order valence-corrected chi connectivity index (χ2v) is 18.6. The van der Waals surface area contributed by atoms with Crippen molar-refractivity contribution < 1.29 is 48.6 Å². The molecule has 1 aliphatic carbocycles. The van der Waals surface area contributed by atoms with Crippen molar-refractivity contribution >= 4 is 58.3 Å². The fraction of sp³-hybridized carbons (Fsp3) is 0.462. The van der Waals surface area contributed by atoms with Crippen molar-refractivity contribution in [3.8, 4) is 0 Å². The third kappa shape index (κ3) is 13.8. The van der Waals surface area contributed by atoms with E-state index < -0.39 is 108 Å². The van der Waals surface area contributed by atoms with Crippen molar-refractivity contribution in [1.29, 1.82) is 0 Å². The van der Waals surface area contributed by atoms with Crippen molar-refractivity contribution in [2.24, 2.45) is 17.8 Å². The molecule has 0 fully saturated rings. The number of benzene rings is 3. The summed E-state index contributed by atoms with van der Waals surface area (Å²) in [4.78, 5) is 112. The van der Waals surface area contributed by atoms with Crippen LogP contribution in [0.15, 0.2) is 79.0 Å². The third-order valence-electron chi connectivity index (χ3n) is 13.1.